The molecule has 0 radical (unpaired) electrons. The molecule has 2 aromatic carbocycles. The summed E-state index contributed by atoms with van der Waals surface area (Å²) in [5.41, 5.74) is 3.04. The van der Waals surface area contributed by atoms with E-state index < -0.39 is 0 Å². The lowest BCUT2D eigenvalue weighted by molar-refractivity contribution is 0.413. The Balaban J connectivity index is 2.49. The molecule has 2 aromatic rings. The second-order valence-corrected chi connectivity index (χ2v) is 3.43. The molecule has 1 heteroatoms. The molecule has 0 aromatic heterocycles. The molecule has 2 rings (SSSR count). The van der Waals surface area contributed by atoms with Gasteiger partial charge >= 0.3 is 0 Å². The fourth-order valence-electron chi connectivity index (χ4n) is 1.63. The first-order valence-corrected chi connectivity index (χ1v) is 5.05. The molecule has 0 bridgehead atoms. The van der Waals surface area contributed by atoms with Crippen LogP contribution in [0.4, 0.5) is 0 Å². The van der Waals surface area contributed by atoms with Crippen molar-refractivity contribution >= 4 is 0 Å². The van der Waals surface area contributed by atoms with E-state index in [2.05, 4.69) is 18.1 Å². The van der Waals surface area contributed by atoms with Crippen LogP contribution in [0.25, 0.3) is 11.1 Å². The van der Waals surface area contributed by atoms with Crippen LogP contribution in [0.3, 0.4) is 0 Å². The van der Waals surface area contributed by atoms with Crippen LogP contribution in [0.1, 0.15) is 5.56 Å². The molecule has 0 amide bonds. The van der Waals surface area contributed by atoms with Crippen molar-refractivity contribution in [3.8, 4) is 29.2 Å². The summed E-state index contributed by atoms with van der Waals surface area (Å²) in [5, 5.41) is 0. The molecular formula is C15H12O. The first-order valence-electron chi connectivity index (χ1n) is 5.05. The van der Waals surface area contributed by atoms with Crippen molar-refractivity contribution in [3.05, 3.63) is 54.1 Å². The maximum atomic E-state index is 5.44. The van der Waals surface area contributed by atoms with Gasteiger partial charge in [-0.25, -0.2) is 0 Å². The zero-order chi connectivity index (χ0) is 11.4. The minimum atomic E-state index is 0.738. The van der Waals surface area contributed by atoms with Crippen molar-refractivity contribution in [1.82, 2.24) is 0 Å². The molecule has 0 aliphatic rings. The van der Waals surface area contributed by atoms with Crippen molar-refractivity contribution in [3.63, 3.8) is 0 Å². The third kappa shape index (κ3) is 1.92. The van der Waals surface area contributed by atoms with Crippen LogP contribution in [0.2, 0.25) is 0 Å². The molecular weight excluding hydrogens is 196 g/mol. The molecule has 0 aliphatic heterocycles. The highest BCUT2D eigenvalue weighted by atomic mass is 16.5. The summed E-state index contributed by atoms with van der Waals surface area (Å²) >= 11 is 0. The Hall–Kier alpha value is -2.20. The normalized spacial score (nSPS) is 9.50. The monoisotopic (exact) mass is 208 g/mol. The fraction of sp³-hybridized carbons (Fsp3) is 0.0667. The van der Waals surface area contributed by atoms with Gasteiger partial charge in [0.2, 0.25) is 0 Å². The van der Waals surface area contributed by atoms with Gasteiger partial charge in [0.05, 0.1) is 12.7 Å². The van der Waals surface area contributed by atoms with Crippen LogP contribution < -0.4 is 4.74 Å². The lowest BCUT2D eigenvalue weighted by atomic mass is 10.0. The molecule has 0 unspecified atom stereocenters. The topological polar surface area (TPSA) is 9.23 Å². The summed E-state index contributed by atoms with van der Waals surface area (Å²) in [5.74, 6) is 3.37. The lowest BCUT2D eigenvalue weighted by Crippen LogP contribution is -1.88. The Morgan fingerprint density at radius 3 is 2.38 bits per heavy atom. The van der Waals surface area contributed by atoms with Gasteiger partial charge in [-0.1, -0.05) is 42.3 Å². The van der Waals surface area contributed by atoms with E-state index in [1.165, 1.54) is 0 Å². The van der Waals surface area contributed by atoms with Crippen molar-refractivity contribution < 1.29 is 4.74 Å². The average Bonchev–Trinajstić information content (AvgIpc) is 2.39. The molecule has 0 aliphatic carbocycles. The third-order valence-electron chi connectivity index (χ3n) is 2.46. The molecule has 0 spiro atoms. The highest BCUT2D eigenvalue weighted by Crippen LogP contribution is 2.25. The van der Waals surface area contributed by atoms with Crippen LogP contribution >= 0.6 is 0 Å². The molecule has 0 N–H and O–H groups in total. The number of benzene rings is 2. The summed E-state index contributed by atoms with van der Waals surface area (Å²) in [6, 6.07) is 16.0. The van der Waals surface area contributed by atoms with Gasteiger partial charge in [0.25, 0.3) is 0 Å². The van der Waals surface area contributed by atoms with E-state index >= 15 is 0 Å². The first kappa shape index (κ1) is 10.3. The Labute approximate surface area is 95.7 Å². The lowest BCUT2D eigenvalue weighted by Gasteiger charge is -2.06. The van der Waals surface area contributed by atoms with Gasteiger partial charge in [-0.05, 0) is 23.3 Å². The summed E-state index contributed by atoms with van der Waals surface area (Å²) < 4.78 is 5.18. The van der Waals surface area contributed by atoms with Gasteiger partial charge in [-0.2, -0.15) is 0 Å². The van der Waals surface area contributed by atoms with E-state index in [0.717, 1.165) is 22.4 Å². The Kier molecular flexibility index (Phi) is 2.93. The van der Waals surface area contributed by atoms with E-state index in [4.69, 9.17) is 11.2 Å². The number of methoxy groups -OCH3 is 1. The number of hydrogen-bond donors (Lipinski definition) is 0. The van der Waals surface area contributed by atoms with Crippen molar-refractivity contribution in [2.24, 2.45) is 0 Å². The second-order valence-electron chi connectivity index (χ2n) is 3.43. The quantitative estimate of drug-likeness (QED) is 0.688. The molecule has 0 saturated heterocycles. The molecule has 0 saturated carbocycles. The Morgan fingerprint density at radius 2 is 1.75 bits per heavy atom. The zero-order valence-corrected chi connectivity index (χ0v) is 9.10. The van der Waals surface area contributed by atoms with Crippen molar-refractivity contribution in [2.45, 2.75) is 0 Å². The van der Waals surface area contributed by atoms with Crippen molar-refractivity contribution in [2.75, 3.05) is 7.11 Å². The molecule has 1 nitrogen and oxygen atoms in total. The summed E-state index contributed by atoms with van der Waals surface area (Å²) in [6.45, 7) is 0. The van der Waals surface area contributed by atoms with Crippen LogP contribution in [-0.2, 0) is 0 Å². The van der Waals surface area contributed by atoms with Gasteiger partial charge < -0.3 is 4.74 Å². The van der Waals surface area contributed by atoms with E-state index in [1.807, 2.05) is 36.4 Å². The number of ether oxygens (including phenoxy) is 1. The van der Waals surface area contributed by atoms with Crippen LogP contribution in [-0.4, -0.2) is 7.11 Å². The summed E-state index contributed by atoms with van der Waals surface area (Å²) in [4.78, 5) is 0. The van der Waals surface area contributed by atoms with E-state index in [0.29, 0.717) is 0 Å². The molecule has 78 valence electrons. The SMILES string of the molecule is C#Cc1cc(-c2ccccc2)ccc1OC. The van der Waals surface area contributed by atoms with Crippen LogP contribution in [0, 0.1) is 12.3 Å². The average molecular weight is 208 g/mol. The van der Waals surface area contributed by atoms with Crippen LogP contribution in [0.15, 0.2) is 48.5 Å². The van der Waals surface area contributed by atoms with Gasteiger partial charge in [-0.15, -0.1) is 6.42 Å². The molecule has 0 atom stereocenters. The zero-order valence-electron chi connectivity index (χ0n) is 9.10. The van der Waals surface area contributed by atoms with E-state index in [-0.39, 0.29) is 0 Å². The number of rotatable bonds is 2. The predicted molar refractivity (Wildman–Crippen MR) is 66.4 cm³/mol. The maximum absolute atomic E-state index is 5.44. The van der Waals surface area contributed by atoms with Gasteiger partial charge in [0, 0.05) is 0 Å². The number of terminal acetylenes is 1. The molecule has 16 heavy (non-hydrogen) atoms. The largest absolute Gasteiger partial charge is 0.495 e. The van der Waals surface area contributed by atoms with E-state index in [1.54, 1.807) is 7.11 Å². The van der Waals surface area contributed by atoms with Gasteiger partial charge in [-0.3, -0.25) is 0 Å². The predicted octanol–water partition coefficient (Wildman–Crippen LogP) is 3.34. The summed E-state index contributed by atoms with van der Waals surface area (Å²) in [7, 11) is 1.62. The fourth-order valence-corrected chi connectivity index (χ4v) is 1.63. The Morgan fingerprint density at radius 1 is 1.00 bits per heavy atom. The molecule has 0 heterocycles. The van der Waals surface area contributed by atoms with E-state index in [9.17, 15) is 0 Å². The minimum Gasteiger partial charge on any atom is -0.495 e. The number of hydrogen-bond acceptors (Lipinski definition) is 1. The second kappa shape index (κ2) is 4.55. The Bertz CT molecular complexity index is 521. The van der Waals surface area contributed by atoms with Gasteiger partial charge in [0.15, 0.2) is 0 Å². The minimum absolute atomic E-state index is 0.738. The van der Waals surface area contributed by atoms with Crippen molar-refractivity contribution in [1.29, 1.82) is 0 Å². The molecule has 0 fully saturated rings. The first-order chi connectivity index (χ1) is 7.85. The maximum Gasteiger partial charge on any atom is 0.134 e. The van der Waals surface area contributed by atoms with Gasteiger partial charge in [0.1, 0.15) is 5.75 Å². The summed E-state index contributed by atoms with van der Waals surface area (Å²) in [6.07, 6.45) is 5.44. The van der Waals surface area contributed by atoms with Crippen LogP contribution in [0.5, 0.6) is 5.75 Å². The standard InChI is InChI=1S/C15H12O/c1-3-12-11-14(9-10-15(12)16-2)13-7-5-4-6-8-13/h1,4-11H,2H3. The highest BCUT2D eigenvalue weighted by Gasteiger charge is 2.03. The third-order valence-corrected chi connectivity index (χ3v) is 2.46. The smallest absolute Gasteiger partial charge is 0.134 e. The highest BCUT2D eigenvalue weighted by molar-refractivity contribution is 5.67.